The number of hydrogen-bond donors (Lipinski definition) is 0. The van der Waals surface area contributed by atoms with E-state index >= 15 is 0 Å². The third-order valence-electron chi connectivity index (χ3n) is 3.39. The smallest absolute Gasteiger partial charge is 0.328 e. The van der Waals surface area contributed by atoms with Crippen LogP contribution in [0.25, 0.3) is 0 Å². The summed E-state index contributed by atoms with van der Waals surface area (Å²) in [7, 11) is 1.31. The lowest BCUT2D eigenvalue weighted by molar-refractivity contribution is -0.145. The lowest BCUT2D eigenvalue weighted by atomic mass is 10.1. The first-order valence-electron chi connectivity index (χ1n) is 6.19. The third kappa shape index (κ3) is 2.59. The van der Waals surface area contributed by atoms with Crippen molar-refractivity contribution in [2.75, 3.05) is 13.7 Å². The van der Waals surface area contributed by atoms with Crippen molar-refractivity contribution in [2.45, 2.75) is 25.8 Å². The van der Waals surface area contributed by atoms with E-state index in [9.17, 15) is 14.0 Å². The number of carbonyl (C=O) groups is 2. The second-order valence-corrected chi connectivity index (χ2v) is 4.64. The molecule has 1 saturated heterocycles. The summed E-state index contributed by atoms with van der Waals surface area (Å²) in [6, 6.07) is 3.69. The van der Waals surface area contributed by atoms with Crippen LogP contribution in [-0.4, -0.2) is 36.5 Å². The van der Waals surface area contributed by atoms with Crippen LogP contribution in [0.4, 0.5) is 4.39 Å². The number of esters is 1. The van der Waals surface area contributed by atoms with Gasteiger partial charge in [-0.25, -0.2) is 9.18 Å². The van der Waals surface area contributed by atoms with Crippen LogP contribution >= 0.6 is 0 Å². The number of nitrogens with zero attached hydrogens (tertiary/aromatic N) is 1. The number of amides is 1. The minimum Gasteiger partial charge on any atom is -0.467 e. The molecule has 102 valence electrons. The molecule has 0 aliphatic carbocycles. The molecule has 0 N–H and O–H groups in total. The zero-order valence-electron chi connectivity index (χ0n) is 11.0. The summed E-state index contributed by atoms with van der Waals surface area (Å²) in [5.41, 5.74) is 0.814. The number of aryl methyl sites for hydroxylation is 1. The number of benzene rings is 1. The average molecular weight is 265 g/mol. The second kappa shape index (κ2) is 5.38. The van der Waals surface area contributed by atoms with Crippen molar-refractivity contribution in [1.82, 2.24) is 4.90 Å². The topological polar surface area (TPSA) is 46.6 Å². The highest BCUT2D eigenvalue weighted by molar-refractivity contribution is 5.97. The summed E-state index contributed by atoms with van der Waals surface area (Å²) in [4.78, 5) is 25.4. The fraction of sp³-hybridized carbons (Fsp3) is 0.429. The molecule has 4 nitrogen and oxygen atoms in total. The number of likely N-dealkylation sites (tertiary alicyclic amines) is 1. The molecule has 0 spiro atoms. The fourth-order valence-electron chi connectivity index (χ4n) is 2.33. The molecule has 1 aliphatic heterocycles. The molecule has 1 aromatic rings. The Morgan fingerprint density at radius 1 is 1.42 bits per heavy atom. The first-order chi connectivity index (χ1) is 9.04. The highest BCUT2D eigenvalue weighted by Crippen LogP contribution is 2.22. The molecule has 5 heteroatoms. The van der Waals surface area contributed by atoms with E-state index < -0.39 is 12.0 Å². The van der Waals surface area contributed by atoms with Crippen molar-refractivity contribution in [3.8, 4) is 0 Å². The SMILES string of the molecule is COC(=O)C1CCCN1C(=O)c1ccc(F)c(C)c1. The minimum atomic E-state index is -0.525. The van der Waals surface area contributed by atoms with Crippen molar-refractivity contribution in [3.05, 3.63) is 35.1 Å². The van der Waals surface area contributed by atoms with Crippen LogP contribution in [0, 0.1) is 12.7 Å². The van der Waals surface area contributed by atoms with Crippen molar-refractivity contribution < 1.29 is 18.7 Å². The van der Waals surface area contributed by atoms with Crippen molar-refractivity contribution in [1.29, 1.82) is 0 Å². The van der Waals surface area contributed by atoms with Crippen LogP contribution in [0.3, 0.4) is 0 Å². The monoisotopic (exact) mass is 265 g/mol. The molecule has 0 bridgehead atoms. The zero-order chi connectivity index (χ0) is 14.0. The quantitative estimate of drug-likeness (QED) is 0.767. The van der Waals surface area contributed by atoms with E-state index in [1.807, 2.05) is 0 Å². The molecule has 0 radical (unpaired) electrons. The summed E-state index contributed by atoms with van der Waals surface area (Å²) in [5.74, 6) is -0.997. The van der Waals surface area contributed by atoms with Gasteiger partial charge in [-0.05, 0) is 43.5 Å². The highest BCUT2D eigenvalue weighted by atomic mass is 19.1. The molecule has 0 saturated carbocycles. The number of rotatable bonds is 2. The van der Waals surface area contributed by atoms with Gasteiger partial charge < -0.3 is 9.64 Å². The van der Waals surface area contributed by atoms with E-state index in [1.165, 1.54) is 30.2 Å². The molecule has 1 aliphatic rings. The summed E-state index contributed by atoms with van der Waals surface area (Å²) in [5, 5.41) is 0. The Bertz CT molecular complexity index is 515. The van der Waals surface area contributed by atoms with E-state index in [1.54, 1.807) is 6.92 Å². The van der Waals surface area contributed by atoms with Crippen molar-refractivity contribution >= 4 is 11.9 Å². The van der Waals surface area contributed by atoms with E-state index in [4.69, 9.17) is 4.74 Å². The molecule has 2 rings (SSSR count). The summed E-state index contributed by atoms with van der Waals surface area (Å²) >= 11 is 0. The molecular formula is C14H16FNO3. The predicted molar refractivity (Wildman–Crippen MR) is 67.2 cm³/mol. The van der Waals surface area contributed by atoms with Gasteiger partial charge in [-0.3, -0.25) is 4.79 Å². The second-order valence-electron chi connectivity index (χ2n) is 4.64. The molecule has 1 heterocycles. The fourth-order valence-corrected chi connectivity index (χ4v) is 2.33. The standard InChI is InChI=1S/C14H16FNO3/c1-9-8-10(5-6-11(9)15)13(17)16-7-3-4-12(16)14(18)19-2/h5-6,8,12H,3-4,7H2,1-2H3. The third-order valence-corrected chi connectivity index (χ3v) is 3.39. The van der Waals surface area contributed by atoms with Gasteiger partial charge in [-0.15, -0.1) is 0 Å². The Balaban J connectivity index is 2.23. The highest BCUT2D eigenvalue weighted by Gasteiger charge is 2.35. The largest absolute Gasteiger partial charge is 0.467 e. The van der Waals surface area contributed by atoms with Crippen LogP contribution < -0.4 is 0 Å². The number of carbonyl (C=O) groups excluding carboxylic acids is 2. The first kappa shape index (κ1) is 13.5. The molecule has 19 heavy (non-hydrogen) atoms. The Hall–Kier alpha value is -1.91. The minimum absolute atomic E-state index is 0.254. The number of ether oxygens (including phenoxy) is 1. The van der Waals surface area contributed by atoms with Gasteiger partial charge in [-0.1, -0.05) is 0 Å². The molecule has 1 atom stereocenters. The van der Waals surface area contributed by atoms with E-state index in [-0.39, 0.29) is 11.7 Å². The Kier molecular flexibility index (Phi) is 3.83. The number of halogens is 1. The normalized spacial score (nSPS) is 18.5. The van der Waals surface area contributed by atoms with Crippen LogP contribution in [0.5, 0.6) is 0 Å². The maximum atomic E-state index is 13.2. The van der Waals surface area contributed by atoms with Gasteiger partial charge in [0.25, 0.3) is 5.91 Å². The maximum Gasteiger partial charge on any atom is 0.328 e. The van der Waals surface area contributed by atoms with Gasteiger partial charge in [0.05, 0.1) is 7.11 Å². The lowest BCUT2D eigenvalue weighted by Gasteiger charge is -2.22. The molecule has 1 fully saturated rings. The summed E-state index contributed by atoms with van der Waals surface area (Å²) in [6.07, 6.45) is 1.38. The summed E-state index contributed by atoms with van der Waals surface area (Å²) < 4.78 is 17.9. The number of methoxy groups -OCH3 is 1. The van der Waals surface area contributed by atoms with Crippen LogP contribution in [0.2, 0.25) is 0 Å². The molecular weight excluding hydrogens is 249 g/mol. The van der Waals surface area contributed by atoms with Crippen LogP contribution in [-0.2, 0) is 9.53 Å². The predicted octanol–water partition coefficient (Wildman–Crippen LogP) is 1.91. The van der Waals surface area contributed by atoms with Crippen LogP contribution in [0.1, 0.15) is 28.8 Å². The van der Waals surface area contributed by atoms with Gasteiger partial charge in [-0.2, -0.15) is 0 Å². The maximum absolute atomic E-state index is 13.2. The summed E-state index contributed by atoms with van der Waals surface area (Å²) in [6.45, 7) is 2.13. The molecule has 1 aromatic carbocycles. The molecule has 1 unspecified atom stereocenters. The Morgan fingerprint density at radius 3 is 2.79 bits per heavy atom. The zero-order valence-corrected chi connectivity index (χ0v) is 11.0. The first-order valence-corrected chi connectivity index (χ1v) is 6.19. The Morgan fingerprint density at radius 2 is 2.16 bits per heavy atom. The van der Waals surface area contributed by atoms with Crippen molar-refractivity contribution in [3.63, 3.8) is 0 Å². The van der Waals surface area contributed by atoms with E-state index in [0.717, 1.165) is 6.42 Å². The average Bonchev–Trinajstić information content (AvgIpc) is 2.89. The Labute approximate surface area is 111 Å². The van der Waals surface area contributed by atoms with E-state index in [2.05, 4.69) is 0 Å². The van der Waals surface area contributed by atoms with Gasteiger partial charge in [0.15, 0.2) is 0 Å². The van der Waals surface area contributed by atoms with Gasteiger partial charge in [0.1, 0.15) is 11.9 Å². The van der Waals surface area contributed by atoms with E-state index in [0.29, 0.717) is 24.1 Å². The lowest BCUT2D eigenvalue weighted by Crippen LogP contribution is -2.41. The molecule has 1 amide bonds. The van der Waals surface area contributed by atoms with Crippen molar-refractivity contribution in [2.24, 2.45) is 0 Å². The van der Waals surface area contributed by atoms with Crippen LogP contribution in [0.15, 0.2) is 18.2 Å². The number of hydrogen-bond acceptors (Lipinski definition) is 3. The van der Waals surface area contributed by atoms with Gasteiger partial charge in [0, 0.05) is 12.1 Å². The van der Waals surface area contributed by atoms with Gasteiger partial charge >= 0.3 is 5.97 Å². The van der Waals surface area contributed by atoms with Gasteiger partial charge in [0.2, 0.25) is 0 Å². The molecule has 0 aromatic heterocycles.